The summed E-state index contributed by atoms with van der Waals surface area (Å²) in [6.45, 7) is 8.69. The van der Waals surface area contributed by atoms with Crippen LogP contribution in [-0.4, -0.2) is 66.9 Å². The van der Waals surface area contributed by atoms with Crippen LogP contribution in [0.4, 0.5) is 4.79 Å². The van der Waals surface area contributed by atoms with Crippen LogP contribution in [0.2, 0.25) is 0 Å². The van der Waals surface area contributed by atoms with Gasteiger partial charge in [-0.3, -0.25) is 4.90 Å². The first-order valence-electron chi connectivity index (χ1n) is 7.98. The van der Waals surface area contributed by atoms with Gasteiger partial charge in [0.25, 0.3) is 0 Å². The maximum Gasteiger partial charge on any atom is 0.409 e. The fourth-order valence-electron chi connectivity index (χ4n) is 3.44. The molecule has 0 aromatic heterocycles. The van der Waals surface area contributed by atoms with Crippen LogP contribution in [0.15, 0.2) is 0 Å². The Morgan fingerprint density at radius 1 is 1.33 bits per heavy atom. The first kappa shape index (κ1) is 16.6. The number of carbonyl (C=O) groups is 1. The van der Waals surface area contributed by atoms with Gasteiger partial charge in [0.15, 0.2) is 0 Å². The van der Waals surface area contributed by atoms with Crippen molar-refractivity contribution in [2.24, 2.45) is 0 Å². The lowest BCUT2D eigenvalue weighted by atomic mass is 9.95. The van der Waals surface area contributed by atoms with Crippen LogP contribution in [0.5, 0.6) is 0 Å². The Hall–Kier alpha value is -0.810. The van der Waals surface area contributed by atoms with E-state index in [9.17, 15) is 4.79 Å². The Morgan fingerprint density at radius 3 is 2.67 bits per heavy atom. The van der Waals surface area contributed by atoms with E-state index in [1.165, 1.54) is 17.7 Å². The van der Waals surface area contributed by atoms with Crippen LogP contribution in [-0.2, 0) is 9.47 Å². The molecule has 5 nitrogen and oxygen atoms in total. The smallest absolute Gasteiger partial charge is 0.409 e. The molecule has 0 saturated carbocycles. The third kappa shape index (κ3) is 3.89. The molecule has 2 fully saturated rings. The van der Waals surface area contributed by atoms with E-state index < -0.39 is 0 Å². The van der Waals surface area contributed by atoms with Gasteiger partial charge in [0.1, 0.15) is 6.61 Å². The van der Waals surface area contributed by atoms with Crippen LogP contribution in [0.3, 0.4) is 0 Å². The SMILES string of the molecule is CN(C)C(=O)OC[C@@H]1CC[C@]2(COC(C)(C)C)CCCN12. The Bertz CT molecular complexity index is 378. The third-order valence-electron chi connectivity index (χ3n) is 4.57. The van der Waals surface area contributed by atoms with Crippen molar-refractivity contribution in [3.05, 3.63) is 0 Å². The summed E-state index contributed by atoms with van der Waals surface area (Å²) in [7, 11) is 3.43. The molecular formula is C16H30N2O3. The van der Waals surface area contributed by atoms with Gasteiger partial charge in [-0.2, -0.15) is 0 Å². The monoisotopic (exact) mass is 298 g/mol. The second kappa shape index (κ2) is 6.13. The molecule has 0 aliphatic carbocycles. The zero-order chi connectivity index (χ0) is 15.7. The molecule has 2 aliphatic heterocycles. The van der Waals surface area contributed by atoms with Gasteiger partial charge in [0.05, 0.1) is 12.2 Å². The lowest BCUT2D eigenvalue weighted by molar-refractivity contribution is -0.0593. The summed E-state index contributed by atoms with van der Waals surface area (Å²) in [5, 5.41) is 0. The molecule has 2 atom stereocenters. The van der Waals surface area contributed by atoms with Gasteiger partial charge in [-0.15, -0.1) is 0 Å². The topological polar surface area (TPSA) is 42.0 Å². The first-order chi connectivity index (χ1) is 9.73. The third-order valence-corrected chi connectivity index (χ3v) is 4.57. The highest BCUT2D eigenvalue weighted by Crippen LogP contribution is 2.43. The summed E-state index contributed by atoms with van der Waals surface area (Å²) in [6.07, 6.45) is 4.39. The van der Waals surface area contributed by atoms with Crippen LogP contribution in [0.25, 0.3) is 0 Å². The molecule has 5 heteroatoms. The van der Waals surface area contributed by atoms with Crippen molar-refractivity contribution in [1.29, 1.82) is 0 Å². The average Bonchev–Trinajstić information content (AvgIpc) is 2.92. The van der Waals surface area contributed by atoms with E-state index >= 15 is 0 Å². The highest BCUT2D eigenvalue weighted by Gasteiger charge is 2.49. The maximum atomic E-state index is 11.6. The minimum absolute atomic E-state index is 0.0987. The molecule has 2 rings (SSSR count). The van der Waals surface area contributed by atoms with Crippen molar-refractivity contribution in [3.63, 3.8) is 0 Å². The number of hydrogen-bond acceptors (Lipinski definition) is 4. The number of carbonyl (C=O) groups excluding carboxylic acids is 1. The quantitative estimate of drug-likeness (QED) is 0.800. The van der Waals surface area contributed by atoms with Gasteiger partial charge in [0.2, 0.25) is 0 Å². The van der Waals surface area contributed by atoms with E-state index in [-0.39, 0.29) is 17.2 Å². The van der Waals surface area contributed by atoms with Crippen molar-refractivity contribution in [1.82, 2.24) is 9.80 Å². The molecule has 0 spiro atoms. The Kier molecular flexibility index (Phi) is 4.83. The Balaban J connectivity index is 1.92. The molecule has 0 N–H and O–H groups in total. The Morgan fingerprint density at radius 2 is 2.05 bits per heavy atom. The van der Waals surface area contributed by atoms with E-state index in [1.807, 2.05) is 0 Å². The van der Waals surface area contributed by atoms with Crippen molar-refractivity contribution in [2.75, 3.05) is 33.9 Å². The lowest BCUT2D eigenvalue weighted by Crippen LogP contribution is -2.48. The molecule has 2 aliphatic rings. The number of fused-ring (bicyclic) bond motifs is 1. The van der Waals surface area contributed by atoms with Crippen molar-refractivity contribution in [3.8, 4) is 0 Å². The van der Waals surface area contributed by atoms with Crippen molar-refractivity contribution in [2.45, 2.75) is 63.6 Å². The molecule has 0 aromatic rings. The number of hydrogen-bond donors (Lipinski definition) is 0. The van der Waals surface area contributed by atoms with Gasteiger partial charge in [-0.25, -0.2) is 4.79 Å². The fourth-order valence-corrected chi connectivity index (χ4v) is 3.44. The summed E-state index contributed by atoms with van der Waals surface area (Å²) in [4.78, 5) is 15.6. The normalized spacial score (nSPS) is 29.5. The van der Waals surface area contributed by atoms with E-state index in [0.29, 0.717) is 12.6 Å². The molecule has 0 bridgehead atoms. The molecule has 21 heavy (non-hydrogen) atoms. The van der Waals surface area contributed by atoms with Gasteiger partial charge >= 0.3 is 6.09 Å². The average molecular weight is 298 g/mol. The number of amides is 1. The van der Waals surface area contributed by atoms with Gasteiger partial charge in [0, 0.05) is 25.7 Å². The van der Waals surface area contributed by atoms with Crippen LogP contribution < -0.4 is 0 Å². The van der Waals surface area contributed by atoms with Gasteiger partial charge < -0.3 is 14.4 Å². The molecular weight excluding hydrogens is 268 g/mol. The summed E-state index contributed by atoms with van der Waals surface area (Å²) in [5.74, 6) is 0. The predicted molar refractivity (Wildman–Crippen MR) is 82.4 cm³/mol. The minimum atomic E-state index is -0.252. The summed E-state index contributed by atoms with van der Waals surface area (Å²) >= 11 is 0. The fraction of sp³-hybridized carbons (Fsp3) is 0.938. The summed E-state index contributed by atoms with van der Waals surface area (Å²) in [6, 6.07) is 0.347. The van der Waals surface area contributed by atoms with E-state index in [4.69, 9.17) is 9.47 Å². The van der Waals surface area contributed by atoms with Gasteiger partial charge in [-0.05, 0) is 53.0 Å². The largest absolute Gasteiger partial charge is 0.448 e. The van der Waals surface area contributed by atoms with E-state index in [0.717, 1.165) is 26.0 Å². The zero-order valence-electron chi connectivity index (χ0n) is 14.1. The molecule has 2 heterocycles. The molecule has 1 amide bonds. The maximum absolute atomic E-state index is 11.6. The number of ether oxygens (including phenoxy) is 2. The molecule has 2 saturated heterocycles. The highest BCUT2D eigenvalue weighted by atomic mass is 16.6. The Labute approximate surface area is 128 Å². The minimum Gasteiger partial charge on any atom is -0.448 e. The number of nitrogens with zero attached hydrogens (tertiary/aromatic N) is 2. The molecule has 0 radical (unpaired) electrons. The second-order valence-corrected chi connectivity index (χ2v) is 7.59. The van der Waals surface area contributed by atoms with Crippen molar-refractivity contribution < 1.29 is 14.3 Å². The lowest BCUT2D eigenvalue weighted by Gasteiger charge is -2.37. The number of rotatable bonds is 4. The predicted octanol–water partition coefficient (Wildman–Crippen LogP) is 2.50. The van der Waals surface area contributed by atoms with Crippen LogP contribution >= 0.6 is 0 Å². The zero-order valence-corrected chi connectivity index (χ0v) is 14.1. The van der Waals surface area contributed by atoms with E-state index in [1.54, 1.807) is 14.1 Å². The van der Waals surface area contributed by atoms with Crippen LogP contribution in [0, 0.1) is 0 Å². The summed E-state index contributed by atoms with van der Waals surface area (Å²) in [5.41, 5.74) is 0.0704. The highest BCUT2D eigenvalue weighted by molar-refractivity contribution is 5.66. The molecule has 122 valence electrons. The first-order valence-corrected chi connectivity index (χ1v) is 7.98. The van der Waals surface area contributed by atoms with Crippen molar-refractivity contribution >= 4 is 6.09 Å². The van der Waals surface area contributed by atoms with E-state index in [2.05, 4.69) is 25.7 Å². The molecule has 0 unspecified atom stereocenters. The summed E-state index contributed by atoms with van der Waals surface area (Å²) < 4.78 is 11.5. The van der Waals surface area contributed by atoms with Crippen LogP contribution in [0.1, 0.15) is 46.5 Å². The molecule has 0 aromatic carbocycles. The second-order valence-electron chi connectivity index (χ2n) is 7.59. The van der Waals surface area contributed by atoms with Gasteiger partial charge in [-0.1, -0.05) is 0 Å². The standard InChI is InChI=1S/C16H30N2O3/c1-15(2,3)21-12-16-8-6-10-18(16)13(7-9-16)11-20-14(19)17(4)5/h13H,6-12H2,1-5H3/t13-,16-/m0/s1.